The van der Waals surface area contributed by atoms with Crippen molar-refractivity contribution in [2.24, 2.45) is 0 Å². The van der Waals surface area contributed by atoms with Gasteiger partial charge in [0.2, 0.25) is 0 Å². The maximum atomic E-state index is 10.1. The van der Waals surface area contributed by atoms with Crippen molar-refractivity contribution in [2.45, 2.75) is 0 Å². The fourth-order valence-electron chi connectivity index (χ4n) is 1.21. The second-order valence-corrected chi connectivity index (χ2v) is 3.51. The van der Waals surface area contributed by atoms with Crippen LogP contribution < -0.4 is 0 Å². The summed E-state index contributed by atoms with van der Waals surface area (Å²) in [7, 11) is 0. The molecule has 7 nitrogen and oxygen atoms in total. The summed E-state index contributed by atoms with van der Waals surface area (Å²) in [6, 6.07) is 15.5. The predicted octanol–water partition coefficient (Wildman–Crippen LogP) is 3.06. The fourth-order valence-corrected chi connectivity index (χ4v) is 1.21. The zero-order chi connectivity index (χ0) is 15.0. The van der Waals surface area contributed by atoms with E-state index in [9.17, 15) is 20.2 Å². The van der Waals surface area contributed by atoms with Gasteiger partial charge in [0.15, 0.2) is 0 Å². The third kappa shape index (κ3) is 4.54. The molecule has 2 rings (SSSR count). The van der Waals surface area contributed by atoms with Crippen LogP contribution in [0.15, 0.2) is 54.6 Å². The van der Waals surface area contributed by atoms with Crippen molar-refractivity contribution in [3.8, 4) is 6.07 Å². The molecule has 0 aliphatic carbocycles. The van der Waals surface area contributed by atoms with Crippen molar-refractivity contribution in [1.82, 2.24) is 0 Å². The van der Waals surface area contributed by atoms with Crippen LogP contribution in [0, 0.1) is 31.6 Å². The van der Waals surface area contributed by atoms with Crippen LogP contribution >= 0.6 is 0 Å². The average Bonchev–Trinajstić information content (AvgIpc) is 2.48. The third-order valence-electron chi connectivity index (χ3n) is 2.17. The van der Waals surface area contributed by atoms with Gasteiger partial charge in [-0.1, -0.05) is 18.2 Å². The van der Waals surface area contributed by atoms with Crippen molar-refractivity contribution >= 4 is 11.4 Å². The fraction of sp³-hybridized carbons (Fsp3) is 0. The SMILES string of the molecule is N#Cc1ccccc1.O=[N+]([O-])c1ccc([N+](=O)[O-])cc1. The lowest BCUT2D eigenvalue weighted by atomic mass is 10.2. The van der Waals surface area contributed by atoms with Crippen LogP contribution in [0.5, 0.6) is 0 Å². The van der Waals surface area contributed by atoms with Crippen LogP contribution in [0.2, 0.25) is 0 Å². The molecule has 0 atom stereocenters. The number of hydrogen-bond donors (Lipinski definition) is 0. The van der Waals surface area contributed by atoms with Gasteiger partial charge in [0.25, 0.3) is 11.4 Å². The minimum Gasteiger partial charge on any atom is -0.258 e. The maximum absolute atomic E-state index is 10.1. The summed E-state index contributed by atoms with van der Waals surface area (Å²) >= 11 is 0. The van der Waals surface area contributed by atoms with Crippen LogP contribution in [-0.2, 0) is 0 Å². The molecule has 0 aromatic heterocycles. The predicted molar refractivity (Wildman–Crippen MR) is 70.9 cm³/mol. The van der Waals surface area contributed by atoms with E-state index in [2.05, 4.69) is 0 Å². The number of non-ortho nitro benzene ring substituents is 2. The zero-order valence-corrected chi connectivity index (χ0v) is 10.2. The molecule has 7 heteroatoms. The molecule has 2 aromatic carbocycles. The highest BCUT2D eigenvalue weighted by atomic mass is 16.6. The van der Waals surface area contributed by atoms with Gasteiger partial charge in [-0.25, -0.2) is 0 Å². The molecule has 0 unspecified atom stereocenters. The molecular formula is C13H9N3O4. The smallest absolute Gasteiger partial charge is 0.258 e. The Balaban J connectivity index is 0.000000217. The van der Waals surface area contributed by atoms with E-state index in [0.29, 0.717) is 5.56 Å². The Kier molecular flexibility index (Phi) is 5.34. The van der Waals surface area contributed by atoms with Gasteiger partial charge in [-0.2, -0.15) is 5.26 Å². The first-order valence-electron chi connectivity index (χ1n) is 5.38. The van der Waals surface area contributed by atoms with E-state index in [1.54, 1.807) is 12.1 Å². The van der Waals surface area contributed by atoms with E-state index in [-0.39, 0.29) is 11.4 Å². The molecule has 0 aliphatic rings. The van der Waals surface area contributed by atoms with E-state index in [1.807, 2.05) is 24.3 Å². The van der Waals surface area contributed by atoms with Gasteiger partial charge in [-0.05, 0) is 12.1 Å². The van der Waals surface area contributed by atoms with Crippen molar-refractivity contribution in [3.05, 3.63) is 80.4 Å². The molecule has 0 saturated carbocycles. The first-order valence-corrected chi connectivity index (χ1v) is 5.38. The summed E-state index contributed by atoms with van der Waals surface area (Å²) in [4.78, 5) is 19.0. The highest BCUT2D eigenvalue weighted by molar-refractivity contribution is 5.39. The monoisotopic (exact) mass is 271 g/mol. The Bertz CT molecular complexity index is 600. The Morgan fingerprint density at radius 2 is 1.20 bits per heavy atom. The molecule has 0 amide bonds. The number of nitrogens with zero attached hydrogens (tertiary/aromatic N) is 3. The van der Waals surface area contributed by atoms with Gasteiger partial charge in [0.1, 0.15) is 0 Å². The van der Waals surface area contributed by atoms with E-state index in [0.717, 1.165) is 24.3 Å². The Morgan fingerprint density at radius 3 is 1.45 bits per heavy atom. The zero-order valence-electron chi connectivity index (χ0n) is 10.2. The van der Waals surface area contributed by atoms with Crippen LogP contribution in [0.1, 0.15) is 5.56 Å². The molecule has 0 saturated heterocycles. The van der Waals surface area contributed by atoms with Crippen LogP contribution in [0.3, 0.4) is 0 Å². The second kappa shape index (κ2) is 7.23. The van der Waals surface area contributed by atoms with E-state index >= 15 is 0 Å². The minimum atomic E-state index is -0.607. The molecule has 2 aromatic rings. The summed E-state index contributed by atoms with van der Waals surface area (Å²) in [5.41, 5.74) is 0.411. The lowest BCUT2D eigenvalue weighted by molar-refractivity contribution is -0.389. The summed E-state index contributed by atoms with van der Waals surface area (Å²) in [5.74, 6) is 0. The van der Waals surface area contributed by atoms with Gasteiger partial charge in [-0.15, -0.1) is 0 Å². The van der Waals surface area contributed by atoms with Crippen LogP contribution in [0.25, 0.3) is 0 Å². The molecule has 0 N–H and O–H groups in total. The molecule has 0 heterocycles. The van der Waals surface area contributed by atoms with Crippen LogP contribution in [-0.4, -0.2) is 9.85 Å². The van der Waals surface area contributed by atoms with Gasteiger partial charge in [0, 0.05) is 24.3 Å². The quantitative estimate of drug-likeness (QED) is 0.615. The van der Waals surface area contributed by atoms with Crippen molar-refractivity contribution in [3.63, 3.8) is 0 Å². The number of nitro benzene ring substituents is 2. The molecule has 0 spiro atoms. The molecular weight excluding hydrogens is 262 g/mol. The number of nitro groups is 2. The molecule has 100 valence electrons. The highest BCUT2D eigenvalue weighted by Gasteiger charge is 2.08. The Hall–Kier alpha value is -3.27. The molecule has 0 radical (unpaired) electrons. The molecule has 20 heavy (non-hydrogen) atoms. The third-order valence-corrected chi connectivity index (χ3v) is 2.17. The van der Waals surface area contributed by atoms with Crippen molar-refractivity contribution in [2.75, 3.05) is 0 Å². The first-order chi connectivity index (χ1) is 9.54. The van der Waals surface area contributed by atoms with Gasteiger partial charge in [-0.3, -0.25) is 20.2 Å². The number of hydrogen-bond acceptors (Lipinski definition) is 5. The van der Waals surface area contributed by atoms with Crippen molar-refractivity contribution < 1.29 is 9.85 Å². The largest absolute Gasteiger partial charge is 0.269 e. The summed E-state index contributed by atoms with van der Waals surface area (Å²) in [6.45, 7) is 0. The van der Waals surface area contributed by atoms with Gasteiger partial charge < -0.3 is 0 Å². The lowest BCUT2D eigenvalue weighted by Gasteiger charge is -1.90. The molecule has 0 aliphatic heterocycles. The molecule has 0 fully saturated rings. The summed E-state index contributed by atoms with van der Waals surface area (Å²) < 4.78 is 0. The summed E-state index contributed by atoms with van der Waals surface area (Å²) in [6.07, 6.45) is 0. The highest BCUT2D eigenvalue weighted by Crippen LogP contribution is 2.16. The van der Waals surface area contributed by atoms with Gasteiger partial charge >= 0.3 is 0 Å². The van der Waals surface area contributed by atoms with Crippen molar-refractivity contribution in [1.29, 1.82) is 5.26 Å². The standard InChI is InChI=1S/C7H5N.C6H4N2O4/c8-6-7-4-2-1-3-5-7;9-7(10)5-1-2-6(4-3-5)8(11)12/h1-5H;1-4H. The maximum Gasteiger partial charge on any atom is 0.269 e. The Morgan fingerprint density at radius 1 is 0.800 bits per heavy atom. The van der Waals surface area contributed by atoms with E-state index in [1.165, 1.54) is 0 Å². The number of rotatable bonds is 2. The van der Waals surface area contributed by atoms with Gasteiger partial charge in [0.05, 0.1) is 21.5 Å². The van der Waals surface area contributed by atoms with E-state index in [4.69, 9.17) is 5.26 Å². The lowest BCUT2D eigenvalue weighted by Crippen LogP contribution is -1.90. The minimum absolute atomic E-state index is 0.152. The number of benzene rings is 2. The summed E-state index contributed by atoms with van der Waals surface area (Å²) in [5, 5.41) is 28.5. The molecule has 0 bridgehead atoms. The van der Waals surface area contributed by atoms with Crippen LogP contribution in [0.4, 0.5) is 11.4 Å². The normalized spacial score (nSPS) is 8.75. The average molecular weight is 271 g/mol. The second-order valence-electron chi connectivity index (χ2n) is 3.51. The topological polar surface area (TPSA) is 110 Å². The van der Waals surface area contributed by atoms with E-state index < -0.39 is 9.85 Å². The number of nitriles is 1. The first kappa shape index (κ1) is 14.8. The Labute approximate surface area is 114 Å².